The van der Waals surface area contributed by atoms with Crippen LogP contribution in [0.4, 0.5) is 0 Å². The van der Waals surface area contributed by atoms with Crippen molar-refractivity contribution in [3.05, 3.63) is 29.8 Å². The van der Waals surface area contributed by atoms with Gasteiger partial charge in [0.2, 0.25) is 0 Å². The van der Waals surface area contributed by atoms with Gasteiger partial charge in [0.05, 0.1) is 6.07 Å². The van der Waals surface area contributed by atoms with Gasteiger partial charge >= 0.3 is 0 Å². The molecule has 0 amide bonds. The summed E-state index contributed by atoms with van der Waals surface area (Å²) in [5, 5.41) is 9.02. The zero-order valence-electron chi connectivity index (χ0n) is 9.70. The second kappa shape index (κ2) is 4.93. The van der Waals surface area contributed by atoms with E-state index in [2.05, 4.69) is 37.3 Å². The van der Waals surface area contributed by atoms with Crippen LogP contribution in [0.15, 0.2) is 29.2 Å². The van der Waals surface area contributed by atoms with Gasteiger partial charge in [0.25, 0.3) is 0 Å². The number of unbranched alkanes of at least 4 members (excludes halogenated alkanes) is 1. The van der Waals surface area contributed by atoms with Crippen molar-refractivity contribution in [1.82, 2.24) is 0 Å². The van der Waals surface area contributed by atoms with E-state index in [0.717, 1.165) is 12.8 Å². The van der Waals surface area contributed by atoms with Crippen LogP contribution in [0.1, 0.15) is 38.2 Å². The largest absolute Gasteiger partial charge is 0.197 e. The molecular weight excluding hydrogens is 214 g/mol. The fourth-order valence-electron chi connectivity index (χ4n) is 1.68. The van der Waals surface area contributed by atoms with Crippen LogP contribution in [-0.4, -0.2) is 4.75 Å². The van der Waals surface area contributed by atoms with Gasteiger partial charge in [-0.2, -0.15) is 5.26 Å². The molecule has 1 saturated carbocycles. The fraction of sp³-hybridized carbons (Fsp3) is 0.500. The molecule has 2 heteroatoms. The Bertz CT molecular complexity index is 384. The molecule has 0 aliphatic heterocycles. The quantitative estimate of drug-likeness (QED) is 0.759. The summed E-state index contributed by atoms with van der Waals surface area (Å²) < 4.78 is -0.0923. The number of hydrogen-bond acceptors (Lipinski definition) is 2. The van der Waals surface area contributed by atoms with Crippen molar-refractivity contribution in [3.63, 3.8) is 0 Å². The van der Waals surface area contributed by atoms with Gasteiger partial charge in [-0.25, -0.2) is 0 Å². The molecule has 1 aromatic rings. The number of nitriles is 1. The van der Waals surface area contributed by atoms with Crippen LogP contribution < -0.4 is 0 Å². The molecule has 84 valence electrons. The van der Waals surface area contributed by atoms with Crippen molar-refractivity contribution in [3.8, 4) is 6.07 Å². The van der Waals surface area contributed by atoms with Gasteiger partial charge < -0.3 is 0 Å². The van der Waals surface area contributed by atoms with Crippen molar-refractivity contribution in [2.24, 2.45) is 0 Å². The Balaban J connectivity index is 1.95. The minimum atomic E-state index is -0.0923. The third kappa shape index (κ3) is 2.80. The summed E-state index contributed by atoms with van der Waals surface area (Å²) in [6.45, 7) is 2.22. The number of thioether (sulfide) groups is 1. The number of rotatable bonds is 5. The summed E-state index contributed by atoms with van der Waals surface area (Å²) in [5.41, 5.74) is 1.41. The van der Waals surface area contributed by atoms with Crippen molar-refractivity contribution in [2.45, 2.75) is 48.7 Å². The molecule has 1 fully saturated rings. The van der Waals surface area contributed by atoms with Crippen molar-refractivity contribution in [1.29, 1.82) is 5.26 Å². The van der Waals surface area contributed by atoms with E-state index < -0.39 is 0 Å². The minimum absolute atomic E-state index is 0.0923. The molecule has 0 heterocycles. The molecule has 0 atom stereocenters. The summed E-state index contributed by atoms with van der Waals surface area (Å²) in [6, 6.07) is 11.1. The number of benzene rings is 1. The van der Waals surface area contributed by atoms with Crippen LogP contribution >= 0.6 is 11.8 Å². The van der Waals surface area contributed by atoms with E-state index in [9.17, 15) is 0 Å². The average Bonchev–Trinajstić information content (AvgIpc) is 3.09. The highest BCUT2D eigenvalue weighted by atomic mass is 32.2. The number of hydrogen-bond donors (Lipinski definition) is 0. The summed E-state index contributed by atoms with van der Waals surface area (Å²) in [7, 11) is 0. The van der Waals surface area contributed by atoms with E-state index >= 15 is 0 Å². The van der Waals surface area contributed by atoms with Crippen LogP contribution in [0.3, 0.4) is 0 Å². The van der Waals surface area contributed by atoms with Gasteiger partial charge in [0.15, 0.2) is 0 Å². The number of nitrogens with zero attached hydrogens (tertiary/aromatic N) is 1. The van der Waals surface area contributed by atoms with Crippen LogP contribution in [0, 0.1) is 11.3 Å². The highest BCUT2D eigenvalue weighted by molar-refractivity contribution is 8.01. The maximum absolute atomic E-state index is 9.02. The van der Waals surface area contributed by atoms with E-state index in [0.29, 0.717) is 0 Å². The molecule has 0 unspecified atom stereocenters. The third-order valence-electron chi connectivity index (χ3n) is 2.96. The Kier molecular flexibility index (Phi) is 3.56. The lowest BCUT2D eigenvalue weighted by atomic mass is 10.1. The molecular formula is C14H17NS. The molecule has 2 rings (SSSR count). The van der Waals surface area contributed by atoms with Gasteiger partial charge in [0, 0.05) is 4.90 Å². The van der Waals surface area contributed by atoms with Crippen molar-refractivity contribution in [2.75, 3.05) is 0 Å². The first-order chi connectivity index (χ1) is 7.78. The minimum Gasteiger partial charge on any atom is -0.197 e. The smallest absolute Gasteiger partial charge is 0.107 e. The molecule has 0 saturated heterocycles. The molecule has 1 aliphatic rings. The first kappa shape index (κ1) is 11.5. The van der Waals surface area contributed by atoms with Crippen molar-refractivity contribution >= 4 is 11.8 Å². The maximum Gasteiger partial charge on any atom is 0.107 e. The van der Waals surface area contributed by atoms with E-state index in [4.69, 9.17) is 5.26 Å². The Morgan fingerprint density at radius 1 is 1.31 bits per heavy atom. The second-order valence-corrected chi connectivity index (χ2v) is 5.91. The molecule has 1 aromatic carbocycles. The van der Waals surface area contributed by atoms with E-state index in [-0.39, 0.29) is 4.75 Å². The summed E-state index contributed by atoms with van der Waals surface area (Å²) in [4.78, 5) is 1.24. The molecule has 1 nitrogen and oxygen atoms in total. The molecule has 0 aromatic heterocycles. The maximum atomic E-state index is 9.02. The Labute approximate surface area is 102 Å². The van der Waals surface area contributed by atoms with Gasteiger partial charge in [-0.05, 0) is 43.4 Å². The van der Waals surface area contributed by atoms with Gasteiger partial charge in [-0.1, -0.05) is 25.5 Å². The Hall–Kier alpha value is -0.940. The first-order valence-corrected chi connectivity index (χ1v) is 6.79. The molecule has 16 heavy (non-hydrogen) atoms. The topological polar surface area (TPSA) is 23.8 Å². The van der Waals surface area contributed by atoms with E-state index in [1.807, 2.05) is 0 Å². The van der Waals surface area contributed by atoms with E-state index in [1.165, 1.54) is 29.7 Å². The Morgan fingerprint density at radius 2 is 2.00 bits per heavy atom. The zero-order valence-corrected chi connectivity index (χ0v) is 10.5. The second-order valence-electron chi connectivity index (χ2n) is 4.46. The van der Waals surface area contributed by atoms with Crippen LogP contribution in [0.25, 0.3) is 0 Å². The fourth-order valence-corrected chi connectivity index (χ4v) is 2.76. The SMILES string of the molecule is CCCCc1ccc(SC2(C#N)CC2)cc1. The highest BCUT2D eigenvalue weighted by Crippen LogP contribution is 2.51. The van der Waals surface area contributed by atoms with Crippen LogP contribution in [0.2, 0.25) is 0 Å². The summed E-state index contributed by atoms with van der Waals surface area (Å²) in [5.74, 6) is 0. The third-order valence-corrected chi connectivity index (χ3v) is 4.36. The normalized spacial score (nSPS) is 16.8. The predicted octanol–water partition coefficient (Wildman–Crippen LogP) is 4.18. The first-order valence-electron chi connectivity index (χ1n) is 5.97. The predicted molar refractivity (Wildman–Crippen MR) is 68.5 cm³/mol. The summed E-state index contributed by atoms with van der Waals surface area (Å²) >= 11 is 1.73. The Morgan fingerprint density at radius 3 is 2.50 bits per heavy atom. The number of aryl methyl sites for hydroxylation is 1. The average molecular weight is 231 g/mol. The lowest BCUT2D eigenvalue weighted by Gasteiger charge is -2.06. The van der Waals surface area contributed by atoms with Gasteiger partial charge in [-0.15, -0.1) is 11.8 Å². The molecule has 1 aliphatic carbocycles. The highest BCUT2D eigenvalue weighted by Gasteiger charge is 2.44. The lowest BCUT2D eigenvalue weighted by Crippen LogP contribution is -1.96. The van der Waals surface area contributed by atoms with Gasteiger partial charge in [0.1, 0.15) is 4.75 Å². The molecule has 0 N–H and O–H groups in total. The summed E-state index contributed by atoms with van der Waals surface area (Å²) in [6.07, 6.45) is 5.77. The monoisotopic (exact) mass is 231 g/mol. The standard InChI is InChI=1S/C14H17NS/c1-2-3-4-12-5-7-13(8-6-12)16-14(11-15)9-10-14/h5-8H,2-4,9-10H2,1H3. The lowest BCUT2D eigenvalue weighted by molar-refractivity contribution is 0.794. The van der Waals surface area contributed by atoms with Crippen LogP contribution in [-0.2, 0) is 6.42 Å². The van der Waals surface area contributed by atoms with E-state index in [1.54, 1.807) is 11.8 Å². The van der Waals surface area contributed by atoms with Gasteiger partial charge in [-0.3, -0.25) is 0 Å². The molecule has 0 bridgehead atoms. The van der Waals surface area contributed by atoms with Crippen molar-refractivity contribution < 1.29 is 0 Å². The molecule has 0 spiro atoms. The van der Waals surface area contributed by atoms with Crippen LogP contribution in [0.5, 0.6) is 0 Å². The zero-order chi connectivity index (χ0) is 11.4. The molecule has 0 radical (unpaired) electrons.